The van der Waals surface area contributed by atoms with Crippen LogP contribution in [-0.4, -0.2) is 28.3 Å². The monoisotopic (exact) mass is 480 g/mol. The molecule has 1 N–H and O–H groups in total. The van der Waals surface area contributed by atoms with E-state index in [1.165, 1.54) is 12.1 Å². The van der Waals surface area contributed by atoms with Crippen molar-refractivity contribution in [2.45, 2.75) is 51.7 Å². The zero-order valence-electron chi connectivity index (χ0n) is 19.7. The smallest absolute Gasteiger partial charge is 0.243 e. The van der Waals surface area contributed by atoms with Crippen molar-refractivity contribution in [2.75, 3.05) is 0 Å². The van der Waals surface area contributed by atoms with E-state index < -0.39 is 11.6 Å². The lowest BCUT2D eigenvalue weighted by Gasteiger charge is -2.34. The van der Waals surface area contributed by atoms with E-state index in [9.17, 15) is 14.0 Å². The third-order valence-electron chi connectivity index (χ3n) is 5.28. The number of rotatable bonds is 8. The van der Waals surface area contributed by atoms with Gasteiger partial charge in [0.2, 0.25) is 11.8 Å². The minimum atomic E-state index is -0.742. The molecule has 0 aliphatic rings. The van der Waals surface area contributed by atoms with Crippen LogP contribution in [0.5, 0.6) is 0 Å². The molecule has 1 unspecified atom stereocenters. The fourth-order valence-corrected chi connectivity index (χ4v) is 3.93. The van der Waals surface area contributed by atoms with Gasteiger partial charge in [0.15, 0.2) is 0 Å². The van der Waals surface area contributed by atoms with E-state index in [1.807, 2.05) is 63.2 Å². The van der Waals surface area contributed by atoms with Crippen molar-refractivity contribution in [3.63, 3.8) is 0 Å². The molecule has 178 valence electrons. The number of hydrogen-bond acceptors (Lipinski definition) is 2. The molecule has 4 nitrogen and oxygen atoms in total. The molecule has 0 saturated heterocycles. The maximum atomic E-state index is 13.6. The Kier molecular flexibility index (Phi) is 8.46. The van der Waals surface area contributed by atoms with E-state index in [0.29, 0.717) is 17.0 Å². The highest BCUT2D eigenvalue weighted by Gasteiger charge is 2.32. The van der Waals surface area contributed by atoms with E-state index >= 15 is 0 Å². The molecular formula is C28H30ClFN2O2. The first-order valence-corrected chi connectivity index (χ1v) is 11.6. The van der Waals surface area contributed by atoms with Crippen molar-refractivity contribution in [1.29, 1.82) is 0 Å². The third-order valence-corrected chi connectivity index (χ3v) is 5.51. The number of carbonyl (C=O) groups is 2. The highest BCUT2D eigenvalue weighted by atomic mass is 35.5. The van der Waals surface area contributed by atoms with E-state index in [1.54, 1.807) is 29.2 Å². The van der Waals surface area contributed by atoms with Crippen molar-refractivity contribution >= 4 is 23.4 Å². The van der Waals surface area contributed by atoms with Gasteiger partial charge in [-0.3, -0.25) is 9.59 Å². The molecular weight excluding hydrogens is 451 g/mol. The lowest BCUT2D eigenvalue weighted by Crippen LogP contribution is -2.54. The van der Waals surface area contributed by atoms with Gasteiger partial charge >= 0.3 is 0 Å². The zero-order chi connectivity index (χ0) is 24.7. The molecule has 0 aliphatic heterocycles. The highest BCUT2D eigenvalue weighted by Crippen LogP contribution is 2.19. The van der Waals surface area contributed by atoms with Crippen LogP contribution < -0.4 is 5.32 Å². The summed E-state index contributed by atoms with van der Waals surface area (Å²) >= 11 is 6.19. The Morgan fingerprint density at radius 2 is 1.56 bits per heavy atom. The molecule has 3 aromatic rings. The van der Waals surface area contributed by atoms with Crippen molar-refractivity contribution in [2.24, 2.45) is 0 Å². The number of carbonyl (C=O) groups excluding carboxylic acids is 2. The van der Waals surface area contributed by atoms with E-state index in [4.69, 9.17) is 11.6 Å². The summed E-state index contributed by atoms with van der Waals surface area (Å²) in [6, 6.07) is 22.0. The van der Waals surface area contributed by atoms with Crippen molar-refractivity contribution in [1.82, 2.24) is 10.2 Å². The Balaban J connectivity index is 1.98. The lowest BCUT2D eigenvalue weighted by atomic mass is 10.00. The number of nitrogens with one attached hydrogen (secondary N) is 1. The quantitative estimate of drug-likeness (QED) is 0.457. The molecule has 2 amide bonds. The first-order valence-electron chi connectivity index (χ1n) is 11.2. The van der Waals surface area contributed by atoms with Crippen LogP contribution in [0.4, 0.5) is 4.39 Å². The molecule has 6 heteroatoms. The van der Waals surface area contributed by atoms with Crippen LogP contribution in [0.25, 0.3) is 0 Å². The van der Waals surface area contributed by atoms with Crippen molar-refractivity contribution in [3.8, 4) is 0 Å². The van der Waals surface area contributed by atoms with Crippen LogP contribution in [-0.2, 0) is 29.0 Å². The Labute approximate surface area is 205 Å². The second-order valence-corrected chi connectivity index (χ2v) is 9.84. The molecule has 0 heterocycles. The Morgan fingerprint density at radius 3 is 2.18 bits per heavy atom. The summed E-state index contributed by atoms with van der Waals surface area (Å²) in [6.45, 7) is 5.94. The van der Waals surface area contributed by atoms with Gasteiger partial charge in [-0.15, -0.1) is 0 Å². The van der Waals surface area contributed by atoms with Crippen molar-refractivity contribution < 1.29 is 14.0 Å². The van der Waals surface area contributed by atoms with Gasteiger partial charge in [0.25, 0.3) is 0 Å². The van der Waals surface area contributed by atoms with Crippen LogP contribution in [0.2, 0.25) is 5.02 Å². The van der Waals surface area contributed by atoms with E-state index in [0.717, 1.165) is 11.1 Å². The minimum Gasteiger partial charge on any atom is -0.350 e. The SMILES string of the molecule is CC(C)(C)NC(=O)C(Cc1ccccc1)N(Cc1cccc(Cl)c1)C(=O)Cc1ccc(F)cc1. The molecule has 0 bridgehead atoms. The summed E-state index contributed by atoms with van der Waals surface area (Å²) < 4.78 is 13.4. The van der Waals surface area contributed by atoms with E-state index in [-0.39, 0.29) is 30.6 Å². The Morgan fingerprint density at radius 1 is 0.912 bits per heavy atom. The fourth-order valence-electron chi connectivity index (χ4n) is 3.72. The largest absolute Gasteiger partial charge is 0.350 e. The van der Waals surface area contributed by atoms with Gasteiger partial charge in [-0.05, 0) is 61.7 Å². The summed E-state index contributed by atoms with van der Waals surface area (Å²) in [5.74, 6) is -0.819. The second-order valence-electron chi connectivity index (χ2n) is 9.40. The molecule has 34 heavy (non-hydrogen) atoms. The van der Waals surface area contributed by atoms with Gasteiger partial charge in [-0.2, -0.15) is 0 Å². The lowest BCUT2D eigenvalue weighted by molar-refractivity contribution is -0.141. The van der Waals surface area contributed by atoms with Crippen molar-refractivity contribution in [3.05, 3.63) is 106 Å². The van der Waals surface area contributed by atoms with Gasteiger partial charge < -0.3 is 10.2 Å². The predicted octanol–water partition coefficient (Wildman–Crippen LogP) is 5.58. The Bertz CT molecular complexity index is 1110. The highest BCUT2D eigenvalue weighted by molar-refractivity contribution is 6.30. The first-order chi connectivity index (χ1) is 16.1. The maximum absolute atomic E-state index is 13.6. The zero-order valence-corrected chi connectivity index (χ0v) is 20.5. The average Bonchev–Trinajstić information content (AvgIpc) is 2.77. The number of nitrogens with zero attached hydrogens (tertiary/aromatic N) is 1. The molecule has 0 fully saturated rings. The number of benzene rings is 3. The molecule has 0 aromatic heterocycles. The topological polar surface area (TPSA) is 49.4 Å². The number of halogens is 2. The fraction of sp³-hybridized carbons (Fsp3) is 0.286. The molecule has 0 aliphatic carbocycles. The van der Waals surface area contributed by atoms with Crippen LogP contribution >= 0.6 is 11.6 Å². The summed E-state index contributed by atoms with van der Waals surface area (Å²) in [6.07, 6.45) is 0.410. The molecule has 0 radical (unpaired) electrons. The van der Waals surface area contributed by atoms with Gasteiger partial charge in [0.1, 0.15) is 11.9 Å². The first kappa shape index (κ1) is 25.4. The molecule has 1 atom stereocenters. The van der Waals surface area contributed by atoms with Crippen LogP contribution in [0.1, 0.15) is 37.5 Å². The maximum Gasteiger partial charge on any atom is 0.243 e. The summed E-state index contributed by atoms with van der Waals surface area (Å²) in [7, 11) is 0. The van der Waals surface area contributed by atoms with E-state index in [2.05, 4.69) is 5.32 Å². The average molecular weight is 481 g/mol. The molecule has 3 rings (SSSR count). The third kappa shape index (κ3) is 7.70. The van der Waals surface area contributed by atoms with Crippen LogP contribution in [0, 0.1) is 5.82 Å². The summed E-state index contributed by atoms with van der Waals surface area (Å²) in [5, 5.41) is 3.59. The van der Waals surface area contributed by atoms with Crippen LogP contribution in [0.15, 0.2) is 78.9 Å². The van der Waals surface area contributed by atoms with Gasteiger partial charge in [0.05, 0.1) is 6.42 Å². The minimum absolute atomic E-state index is 0.0505. The second kappa shape index (κ2) is 11.3. The molecule has 0 saturated carbocycles. The predicted molar refractivity (Wildman–Crippen MR) is 134 cm³/mol. The Hall–Kier alpha value is -3.18. The standard InChI is InChI=1S/C28H30ClFN2O2/c1-28(2,3)31-27(34)25(17-20-8-5-4-6-9-20)32(19-22-10-7-11-23(29)16-22)26(33)18-21-12-14-24(30)15-13-21/h4-16,25H,17-19H2,1-3H3,(H,31,34). The summed E-state index contributed by atoms with van der Waals surface area (Å²) in [5.41, 5.74) is 1.98. The van der Waals surface area contributed by atoms with Gasteiger partial charge in [-0.1, -0.05) is 66.2 Å². The van der Waals surface area contributed by atoms with Gasteiger partial charge in [-0.25, -0.2) is 4.39 Å². The number of hydrogen-bond donors (Lipinski definition) is 1. The van der Waals surface area contributed by atoms with Crippen LogP contribution in [0.3, 0.4) is 0 Å². The normalized spacial score (nSPS) is 12.1. The number of amides is 2. The summed E-state index contributed by atoms with van der Waals surface area (Å²) in [4.78, 5) is 28.7. The van der Waals surface area contributed by atoms with Gasteiger partial charge in [0, 0.05) is 23.5 Å². The molecule has 3 aromatic carbocycles. The molecule has 0 spiro atoms.